The fourth-order valence-corrected chi connectivity index (χ4v) is 5.66. The van der Waals surface area contributed by atoms with E-state index >= 15 is 0 Å². The quantitative estimate of drug-likeness (QED) is 0.298. The predicted molar refractivity (Wildman–Crippen MR) is 126 cm³/mol. The molecule has 178 valence electrons. The predicted octanol–water partition coefficient (Wildman–Crippen LogP) is 3.96. The Hall–Kier alpha value is -2.56. The van der Waals surface area contributed by atoms with Crippen molar-refractivity contribution in [1.29, 1.82) is 0 Å². The van der Waals surface area contributed by atoms with Gasteiger partial charge >= 0.3 is 0 Å². The summed E-state index contributed by atoms with van der Waals surface area (Å²) < 4.78 is 51.7. The average Bonchev–Trinajstić information content (AvgIpc) is 3.10. The molecule has 3 aromatic rings. The van der Waals surface area contributed by atoms with E-state index in [1.54, 1.807) is 0 Å². The first-order valence-electron chi connectivity index (χ1n) is 10.7. The zero-order valence-electron chi connectivity index (χ0n) is 18.6. The molecular formula is C23H27FN2O5S2. The summed E-state index contributed by atoms with van der Waals surface area (Å²) in [4.78, 5) is 17.4. The van der Waals surface area contributed by atoms with Gasteiger partial charge in [-0.05, 0) is 62.7 Å². The largest absolute Gasteiger partial charge is 0.494 e. The molecule has 1 heterocycles. The number of sulfone groups is 1. The van der Waals surface area contributed by atoms with E-state index in [2.05, 4.69) is 4.99 Å². The first-order valence-corrected chi connectivity index (χ1v) is 13.2. The molecule has 0 unspecified atom stereocenters. The van der Waals surface area contributed by atoms with Crippen molar-refractivity contribution in [2.75, 3.05) is 25.6 Å². The van der Waals surface area contributed by atoms with Crippen molar-refractivity contribution in [3.8, 4) is 5.75 Å². The van der Waals surface area contributed by atoms with E-state index in [0.29, 0.717) is 31.2 Å². The average molecular weight is 495 g/mol. The second kappa shape index (κ2) is 11.5. The molecule has 3 rings (SSSR count). The van der Waals surface area contributed by atoms with Gasteiger partial charge in [0.25, 0.3) is 0 Å². The number of benzene rings is 2. The van der Waals surface area contributed by atoms with Crippen molar-refractivity contribution in [2.45, 2.75) is 38.1 Å². The van der Waals surface area contributed by atoms with Crippen LogP contribution in [0.4, 0.5) is 4.39 Å². The van der Waals surface area contributed by atoms with Gasteiger partial charge in [-0.25, -0.2) is 12.8 Å². The molecule has 7 nitrogen and oxygen atoms in total. The number of ether oxygens (including phenoxy) is 2. The van der Waals surface area contributed by atoms with Crippen LogP contribution in [0.5, 0.6) is 5.75 Å². The van der Waals surface area contributed by atoms with E-state index < -0.39 is 21.6 Å². The number of aromatic nitrogens is 1. The van der Waals surface area contributed by atoms with Crippen LogP contribution in [0.1, 0.15) is 26.7 Å². The third kappa shape index (κ3) is 6.72. The molecule has 0 fully saturated rings. The van der Waals surface area contributed by atoms with Gasteiger partial charge in [0.05, 0.1) is 34.1 Å². The van der Waals surface area contributed by atoms with Gasteiger partial charge in [-0.2, -0.15) is 4.99 Å². The van der Waals surface area contributed by atoms with E-state index in [-0.39, 0.29) is 23.5 Å². The van der Waals surface area contributed by atoms with Crippen LogP contribution in [0, 0.1) is 5.82 Å². The Morgan fingerprint density at radius 2 is 1.88 bits per heavy atom. The van der Waals surface area contributed by atoms with Gasteiger partial charge in [-0.1, -0.05) is 11.3 Å². The van der Waals surface area contributed by atoms with Crippen LogP contribution < -0.4 is 9.54 Å². The van der Waals surface area contributed by atoms with Gasteiger partial charge < -0.3 is 14.0 Å². The topological polar surface area (TPSA) is 87.0 Å². The Kier molecular flexibility index (Phi) is 8.76. The number of fused-ring (bicyclic) bond motifs is 1. The summed E-state index contributed by atoms with van der Waals surface area (Å²) >= 11 is 1.37. The molecule has 0 N–H and O–H groups in total. The highest BCUT2D eigenvalue weighted by molar-refractivity contribution is 7.91. The number of hydrogen-bond donors (Lipinski definition) is 0. The van der Waals surface area contributed by atoms with Crippen LogP contribution in [-0.4, -0.2) is 44.5 Å². The molecular weight excluding hydrogens is 467 g/mol. The van der Waals surface area contributed by atoms with Crippen molar-refractivity contribution in [2.24, 2.45) is 4.99 Å². The Labute approximate surface area is 196 Å². The molecule has 0 radical (unpaired) electrons. The minimum atomic E-state index is -3.59. The van der Waals surface area contributed by atoms with Crippen molar-refractivity contribution in [3.63, 3.8) is 0 Å². The maximum Gasteiger partial charge on any atom is 0.248 e. The lowest BCUT2D eigenvalue weighted by Crippen LogP contribution is -2.20. The van der Waals surface area contributed by atoms with Crippen molar-refractivity contribution >= 4 is 37.3 Å². The molecule has 2 aromatic carbocycles. The van der Waals surface area contributed by atoms with E-state index in [1.807, 2.05) is 36.6 Å². The Bertz CT molecular complexity index is 1260. The van der Waals surface area contributed by atoms with Crippen LogP contribution in [0.2, 0.25) is 0 Å². The third-order valence-electron chi connectivity index (χ3n) is 4.83. The number of carbonyl (C=O) groups is 1. The minimum absolute atomic E-state index is 0.00960. The fourth-order valence-electron chi connectivity index (χ4n) is 3.25. The van der Waals surface area contributed by atoms with E-state index in [4.69, 9.17) is 9.47 Å². The maximum atomic E-state index is 13.0. The lowest BCUT2D eigenvalue weighted by Gasteiger charge is -2.06. The molecule has 0 aliphatic heterocycles. The van der Waals surface area contributed by atoms with Crippen molar-refractivity contribution < 1.29 is 27.1 Å². The minimum Gasteiger partial charge on any atom is -0.494 e. The van der Waals surface area contributed by atoms with Crippen molar-refractivity contribution in [3.05, 3.63) is 53.1 Å². The number of nitrogens with zero attached hydrogens (tertiary/aromatic N) is 2. The zero-order valence-corrected chi connectivity index (χ0v) is 20.3. The summed E-state index contributed by atoms with van der Waals surface area (Å²) in [5, 5.41) is 0. The normalized spacial score (nSPS) is 12.4. The summed E-state index contributed by atoms with van der Waals surface area (Å²) in [7, 11) is -3.59. The van der Waals surface area contributed by atoms with Crippen LogP contribution in [0.3, 0.4) is 0 Å². The zero-order chi connectivity index (χ0) is 23.8. The number of rotatable bonds is 11. The molecule has 0 aliphatic carbocycles. The van der Waals surface area contributed by atoms with Gasteiger partial charge in [0.2, 0.25) is 5.91 Å². The highest BCUT2D eigenvalue weighted by atomic mass is 32.2. The lowest BCUT2D eigenvalue weighted by atomic mass is 10.3. The molecule has 10 heteroatoms. The van der Waals surface area contributed by atoms with Crippen LogP contribution >= 0.6 is 11.3 Å². The van der Waals surface area contributed by atoms with Crippen LogP contribution in [0.15, 0.2) is 52.4 Å². The molecule has 0 saturated carbocycles. The van der Waals surface area contributed by atoms with E-state index in [0.717, 1.165) is 28.1 Å². The monoisotopic (exact) mass is 494 g/mol. The van der Waals surface area contributed by atoms with Crippen LogP contribution in [-0.2, 0) is 25.9 Å². The molecule has 0 aliphatic rings. The van der Waals surface area contributed by atoms with Gasteiger partial charge in [0.1, 0.15) is 11.6 Å². The van der Waals surface area contributed by atoms with Gasteiger partial charge in [-0.3, -0.25) is 4.79 Å². The third-order valence-corrected chi connectivity index (χ3v) is 7.68. The number of halogens is 1. The highest BCUT2D eigenvalue weighted by Gasteiger charge is 2.15. The lowest BCUT2D eigenvalue weighted by molar-refractivity contribution is -0.118. The second-order valence-electron chi connectivity index (χ2n) is 7.18. The first kappa shape index (κ1) is 25.1. The summed E-state index contributed by atoms with van der Waals surface area (Å²) in [5.41, 5.74) is 0.925. The number of thiazole rings is 1. The van der Waals surface area contributed by atoms with Gasteiger partial charge in [-0.15, -0.1) is 0 Å². The molecule has 1 aromatic heterocycles. The van der Waals surface area contributed by atoms with Crippen molar-refractivity contribution in [1.82, 2.24) is 4.57 Å². The molecule has 0 atom stereocenters. The maximum absolute atomic E-state index is 13.0. The number of carbonyl (C=O) groups excluding carboxylic acids is 1. The summed E-state index contributed by atoms with van der Waals surface area (Å²) in [6.45, 7) is 5.98. The van der Waals surface area contributed by atoms with Crippen LogP contribution in [0.25, 0.3) is 10.2 Å². The van der Waals surface area contributed by atoms with E-state index in [1.165, 1.54) is 23.5 Å². The summed E-state index contributed by atoms with van der Waals surface area (Å²) in [6, 6.07) is 10.4. The number of amides is 1. The SMILES string of the molecule is CCOCCn1c(=NC(=O)CCCS(=O)(=O)c2ccc(F)cc2)sc2cc(OCC)ccc21. The van der Waals surface area contributed by atoms with E-state index in [9.17, 15) is 17.6 Å². The molecule has 1 amide bonds. The Morgan fingerprint density at radius 3 is 2.58 bits per heavy atom. The number of hydrogen-bond acceptors (Lipinski definition) is 6. The molecule has 33 heavy (non-hydrogen) atoms. The highest BCUT2D eigenvalue weighted by Crippen LogP contribution is 2.23. The summed E-state index contributed by atoms with van der Waals surface area (Å²) in [6.07, 6.45) is 0.116. The molecule has 0 spiro atoms. The smallest absolute Gasteiger partial charge is 0.248 e. The van der Waals surface area contributed by atoms with Gasteiger partial charge in [0, 0.05) is 19.6 Å². The molecule has 0 saturated heterocycles. The second-order valence-corrected chi connectivity index (χ2v) is 10.3. The Balaban J connectivity index is 1.76. The van der Waals surface area contributed by atoms with Gasteiger partial charge in [0.15, 0.2) is 14.6 Å². The first-order chi connectivity index (χ1) is 15.8. The molecule has 0 bridgehead atoms. The fraction of sp³-hybridized carbons (Fsp3) is 0.391. The summed E-state index contributed by atoms with van der Waals surface area (Å²) in [5.74, 6) is -0.371. The standard InChI is InChI=1S/C23H27FN2O5S2/c1-3-30-14-13-26-20-12-9-18(31-4-2)16-21(20)32-23(26)25-22(27)6-5-15-33(28,29)19-10-7-17(24)8-11-19/h7-12,16H,3-6,13-15H2,1-2H3. The Morgan fingerprint density at radius 1 is 1.12 bits per heavy atom.